The molecule has 0 radical (unpaired) electrons. The summed E-state index contributed by atoms with van der Waals surface area (Å²) in [4.78, 5) is 9.91. The molecule has 4 heteroatoms. The highest BCUT2D eigenvalue weighted by Crippen LogP contribution is 2.25. The van der Waals surface area contributed by atoms with Crippen LogP contribution in [0.5, 0.6) is 0 Å². The fourth-order valence-electron chi connectivity index (χ4n) is 3.55. The Bertz CT molecular complexity index is 908. The Morgan fingerprint density at radius 1 is 0.964 bits per heavy atom. The first-order valence-corrected chi connectivity index (χ1v) is 10.8. The Labute approximate surface area is 172 Å². The molecule has 0 atom stereocenters. The van der Waals surface area contributed by atoms with Crippen molar-refractivity contribution in [1.82, 2.24) is 14.8 Å². The van der Waals surface area contributed by atoms with Crippen LogP contribution in [0.3, 0.4) is 0 Å². The molecule has 2 aromatic carbocycles. The van der Waals surface area contributed by atoms with Crippen LogP contribution in [0, 0.1) is 6.92 Å². The lowest BCUT2D eigenvalue weighted by Gasteiger charge is -2.33. The number of nitrogens with zero attached hydrogens (tertiary/aromatic N) is 3. The summed E-state index contributed by atoms with van der Waals surface area (Å²) < 4.78 is 0. The van der Waals surface area contributed by atoms with Gasteiger partial charge in [0.05, 0.1) is 5.69 Å². The first-order chi connectivity index (χ1) is 13.8. The maximum absolute atomic E-state index is 4.87. The van der Waals surface area contributed by atoms with Gasteiger partial charge in [-0.3, -0.25) is 9.80 Å². The van der Waals surface area contributed by atoms with Crippen molar-refractivity contribution in [2.75, 3.05) is 32.7 Å². The number of thiazole rings is 1. The van der Waals surface area contributed by atoms with Gasteiger partial charge in [-0.2, -0.15) is 0 Å². The van der Waals surface area contributed by atoms with E-state index in [2.05, 4.69) is 88.9 Å². The van der Waals surface area contributed by atoms with Crippen LogP contribution in [0.1, 0.15) is 16.8 Å². The van der Waals surface area contributed by atoms with Gasteiger partial charge in [0.2, 0.25) is 0 Å². The zero-order valence-electron chi connectivity index (χ0n) is 16.4. The molecular weight excluding hydrogens is 362 g/mol. The SMILES string of the molecule is Cc1cccc(-c2nc(CN3CCN(C/C=C/c4ccccc4)CC3)cs2)c1. The molecule has 1 fully saturated rings. The molecule has 0 saturated carbocycles. The largest absolute Gasteiger partial charge is 0.297 e. The van der Waals surface area contributed by atoms with E-state index >= 15 is 0 Å². The molecule has 1 saturated heterocycles. The Balaban J connectivity index is 1.25. The predicted octanol–water partition coefficient (Wildman–Crippen LogP) is 4.95. The van der Waals surface area contributed by atoms with Crippen molar-refractivity contribution < 1.29 is 0 Å². The zero-order chi connectivity index (χ0) is 19.2. The minimum Gasteiger partial charge on any atom is -0.297 e. The van der Waals surface area contributed by atoms with Crippen LogP contribution in [0.15, 0.2) is 66.1 Å². The fraction of sp³-hybridized carbons (Fsp3) is 0.292. The Morgan fingerprint density at radius 2 is 1.75 bits per heavy atom. The summed E-state index contributed by atoms with van der Waals surface area (Å²) >= 11 is 1.75. The number of hydrogen-bond donors (Lipinski definition) is 0. The standard InChI is InChI=1S/C24H27N3S/c1-20-7-5-11-22(17-20)24-25-23(19-28-24)18-27-15-13-26(14-16-27)12-6-10-21-8-3-2-4-9-21/h2-11,17,19H,12-16,18H2,1H3/b10-6+. The third-order valence-electron chi connectivity index (χ3n) is 5.14. The Kier molecular flexibility index (Phi) is 6.32. The van der Waals surface area contributed by atoms with Crippen molar-refractivity contribution in [2.24, 2.45) is 0 Å². The topological polar surface area (TPSA) is 19.4 Å². The number of benzene rings is 2. The monoisotopic (exact) mass is 389 g/mol. The smallest absolute Gasteiger partial charge is 0.123 e. The van der Waals surface area contributed by atoms with Gasteiger partial charge in [0.15, 0.2) is 0 Å². The second-order valence-corrected chi connectivity index (χ2v) is 8.26. The first kappa shape index (κ1) is 19.1. The third kappa shape index (κ3) is 5.16. The molecule has 0 amide bonds. The summed E-state index contributed by atoms with van der Waals surface area (Å²) in [6.07, 6.45) is 4.49. The minimum absolute atomic E-state index is 0.954. The number of rotatable bonds is 6. The molecule has 0 bridgehead atoms. The second kappa shape index (κ2) is 9.28. The van der Waals surface area contributed by atoms with Crippen molar-refractivity contribution in [3.63, 3.8) is 0 Å². The van der Waals surface area contributed by atoms with Gasteiger partial charge in [-0.1, -0.05) is 66.2 Å². The summed E-state index contributed by atoms with van der Waals surface area (Å²) in [5.41, 5.74) is 4.98. The predicted molar refractivity (Wildman–Crippen MR) is 119 cm³/mol. The van der Waals surface area contributed by atoms with Crippen molar-refractivity contribution in [3.8, 4) is 10.6 Å². The summed E-state index contributed by atoms with van der Waals surface area (Å²) in [5, 5.41) is 3.34. The molecule has 3 aromatic rings. The van der Waals surface area contributed by atoms with Crippen LogP contribution in [0.4, 0.5) is 0 Å². The van der Waals surface area contributed by atoms with Gasteiger partial charge in [0.25, 0.3) is 0 Å². The lowest BCUT2D eigenvalue weighted by molar-refractivity contribution is 0.136. The van der Waals surface area contributed by atoms with Gasteiger partial charge >= 0.3 is 0 Å². The summed E-state index contributed by atoms with van der Waals surface area (Å²) in [6, 6.07) is 19.1. The van der Waals surface area contributed by atoms with E-state index in [1.165, 1.54) is 22.4 Å². The molecule has 1 aliphatic heterocycles. The molecule has 144 valence electrons. The van der Waals surface area contributed by atoms with Crippen molar-refractivity contribution in [1.29, 1.82) is 0 Å². The third-order valence-corrected chi connectivity index (χ3v) is 6.08. The number of aromatic nitrogens is 1. The van der Waals surface area contributed by atoms with E-state index in [0.29, 0.717) is 0 Å². The molecule has 1 aliphatic rings. The van der Waals surface area contributed by atoms with E-state index in [0.717, 1.165) is 44.3 Å². The summed E-state index contributed by atoms with van der Waals surface area (Å²) in [5.74, 6) is 0. The Morgan fingerprint density at radius 3 is 2.54 bits per heavy atom. The Hall–Kier alpha value is -2.27. The van der Waals surface area contributed by atoms with Crippen molar-refractivity contribution in [2.45, 2.75) is 13.5 Å². The van der Waals surface area contributed by atoms with E-state index < -0.39 is 0 Å². The van der Waals surface area contributed by atoms with Crippen LogP contribution in [-0.4, -0.2) is 47.5 Å². The highest BCUT2D eigenvalue weighted by molar-refractivity contribution is 7.13. The maximum Gasteiger partial charge on any atom is 0.123 e. The molecule has 28 heavy (non-hydrogen) atoms. The quantitative estimate of drug-likeness (QED) is 0.595. The number of hydrogen-bond acceptors (Lipinski definition) is 4. The van der Waals surface area contributed by atoms with Crippen molar-refractivity contribution in [3.05, 3.63) is 82.9 Å². The number of aryl methyl sites for hydroxylation is 1. The lowest BCUT2D eigenvalue weighted by Crippen LogP contribution is -2.45. The molecule has 4 rings (SSSR count). The molecule has 2 heterocycles. The van der Waals surface area contributed by atoms with E-state index in [9.17, 15) is 0 Å². The molecule has 0 spiro atoms. The van der Waals surface area contributed by atoms with E-state index in [1.807, 2.05) is 0 Å². The van der Waals surface area contributed by atoms with Crippen LogP contribution in [0.25, 0.3) is 16.6 Å². The lowest BCUT2D eigenvalue weighted by atomic mass is 10.1. The van der Waals surface area contributed by atoms with Gasteiger partial charge in [-0.05, 0) is 18.6 Å². The zero-order valence-corrected chi connectivity index (χ0v) is 17.2. The average Bonchev–Trinajstić information content (AvgIpc) is 3.19. The van der Waals surface area contributed by atoms with Crippen LogP contribution in [0.2, 0.25) is 0 Å². The molecule has 0 unspecified atom stereocenters. The van der Waals surface area contributed by atoms with E-state index in [1.54, 1.807) is 11.3 Å². The van der Waals surface area contributed by atoms with Gasteiger partial charge < -0.3 is 0 Å². The van der Waals surface area contributed by atoms with Crippen LogP contribution < -0.4 is 0 Å². The highest BCUT2D eigenvalue weighted by atomic mass is 32.1. The highest BCUT2D eigenvalue weighted by Gasteiger charge is 2.17. The molecule has 0 N–H and O–H groups in total. The van der Waals surface area contributed by atoms with Crippen molar-refractivity contribution >= 4 is 17.4 Å². The molecular formula is C24H27N3S. The van der Waals surface area contributed by atoms with Crippen LogP contribution >= 0.6 is 11.3 Å². The van der Waals surface area contributed by atoms with Gasteiger partial charge in [-0.15, -0.1) is 11.3 Å². The van der Waals surface area contributed by atoms with Gasteiger partial charge in [0, 0.05) is 50.2 Å². The van der Waals surface area contributed by atoms with Gasteiger partial charge in [0.1, 0.15) is 5.01 Å². The average molecular weight is 390 g/mol. The number of piperazine rings is 1. The molecule has 0 aliphatic carbocycles. The second-order valence-electron chi connectivity index (χ2n) is 7.40. The van der Waals surface area contributed by atoms with Crippen LogP contribution in [-0.2, 0) is 6.54 Å². The first-order valence-electron chi connectivity index (χ1n) is 9.94. The fourth-order valence-corrected chi connectivity index (χ4v) is 4.36. The summed E-state index contributed by atoms with van der Waals surface area (Å²) in [6.45, 7) is 8.56. The van der Waals surface area contributed by atoms with Gasteiger partial charge in [-0.25, -0.2) is 4.98 Å². The van der Waals surface area contributed by atoms with E-state index in [-0.39, 0.29) is 0 Å². The minimum atomic E-state index is 0.954. The normalized spacial score (nSPS) is 16.0. The van der Waals surface area contributed by atoms with E-state index in [4.69, 9.17) is 4.98 Å². The molecule has 3 nitrogen and oxygen atoms in total. The molecule has 1 aromatic heterocycles. The maximum atomic E-state index is 4.87. The summed E-state index contributed by atoms with van der Waals surface area (Å²) in [7, 11) is 0.